The number of fused-ring (bicyclic) bond motifs is 2. The van der Waals surface area contributed by atoms with Crippen molar-refractivity contribution in [2.24, 2.45) is 22.9 Å². The van der Waals surface area contributed by atoms with Gasteiger partial charge in [-0.2, -0.15) is 0 Å². The second-order valence-corrected chi connectivity index (χ2v) is 16.2. The van der Waals surface area contributed by atoms with Gasteiger partial charge in [0.05, 0.1) is 30.1 Å². The average Bonchev–Trinajstić information content (AvgIpc) is 3.19. The number of allylic oxidation sites excluding steroid dienone is 1. The van der Waals surface area contributed by atoms with Crippen LogP contribution in [0.25, 0.3) is 0 Å². The maximum absolute atomic E-state index is 12.7. The number of rotatable bonds is 18. The molecule has 7 atom stereocenters. The first-order valence-electron chi connectivity index (χ1n) is 20.2. The number of unbranched alkanes of at least 4 members (excludes halogenated alkanes) is 2. The Labute approximate surface area is 334 Å². The second kappa shape index (κ2) is 20.0. The van der Waals surface area contributed by atoms with Crippen LogP contribution in [0.5, 0.6) is 11.5 Å². The summed E-state index contributed by atoms with van der Waals surface area (Å²) in [6.45, 7) is 8.85. The van der Waals surface area contributed by atoms with Gasteiger partial charge in [-0.3, -0.25) is 4.79 Å². The van der Waals surface area contributed by atoms with Gasteiger partial charge in [0.25, 0.3) is 0 Å². The van der Waals surface area contributed by atoms with Gasteiger partial charge < -0.3 is 44.6 Å². The average molecular weight is 792 g/mol. The summed E-state index contributed by atoms with van der Waals surface area (Å²) in [5.74, 6) is -0.596. The van der Waals surface area contributed by atoms with Crippen LogP contribution in [0.2, 0.25) is 0 Å². The second-order valence-electron chi connectivity index (χ2n) is 14.9. The molecule has 56 heavy (non-hydrogen) atoms. The largest absolute Gasteiger partial charge is 0.460 e. The highest BCUT2D eigenvalue weighted by Crippen LogP contribution is 2.63. The lowest BCUT2D eigenvalue weighted by Gasteiger charge is -2.58. The summed E-state index contributed by atoms with van der Waals surface area (Å²) >= 11 is 1.63. The minimum absolute atomic E-state index is 0.0904. The molecule has 2 amide bonds. The molecule has 0 aromatic heterocycles. The number of amides is 2. The molecule has 13 heteroatoms. The van der Waals surface area contributed by atoms with E-state index in [9.17, 15) is 19.8 Å². The number of ether oxygens (including phenoxy) is 4. The summed E-state index contributed by atoms with van der Waals surface area (Å²) in [6.07, 6.45) is 11.0. The molecule has 304 valence electrons. The lowest BCUT2D eigenvalue weighted by atomic mass is 9.56. The Morgan fingerprint density at radius 2 is 1.86 bits per heavy atom. The third-order valence-electron chi connectivity index (χ3n) is 11.0. The van der Waals surface area contributed by atoms with Crippen LogP contribution in [0, 0.1) is 17.8 Å². The van der Waals surface area contributed by atoms with Crippen LogP contribution >= 0.6 is 11.8 Å². The summed E-state index contributed by atoms with van der Waals surface area (Å²) < 4.78 is 26.0. The first-order chi connectivity index (χ1) is 27.3. The minimum Gasteiger partial charge on any atom is -0.460 e. The molecule has 4 N–H and O–H groups in total. The van der Waals surface area contributed by atoms with Crippen molar-refractivity contribution < 1.29 is 43.6 Å². The van der Waals surface area contributed by atoms with Crippen molar-refractivity contribution >= 4 is 35.2 Å². The highest BCUT2D eigenvalue weighted by molar-refractivity contribution is 8.00. The van der Waals surface area contributed by atoms with E-state index in [2.05, 4.69) is 23.3 Å². The zero-order valence-electron chi connectivity index (χ0n) is 32.6. The van der Waals surface area contributed by atoms with Crippen LogP contribution in [0.4, 0.5) is 10.5 Å². The number of nitrogens with one attached hydrogen (secondary N) is 2. The Morgan fingerprint density at radius 3 is 2.55 bits per heavy atom. The van der Waals surface area contributed by atoms with Gasteiger partial charge in [0, 0.05) is 61.6 Å². The van der Waals surface area contributed by atoms with Crippen LogP contribution in [0.15, 0.2) is 76.8 Å². The zero-order valence-corrected chi connectivity index (χ0v) is 33.4. The summed E-state index contributed by atoms with van der Waals surface area (Å²) in [7, 11) is 0. The van der Waals surface area contributed by atoms with Crippen LogP contribution in [0.1, 0.15) is 89.5 Å². The van der Waals surface area contributed by atoms with Gasteiger partial charge >= 0.3 is 6.09 Å². The first-order valence-corrected chi connectivity index (χ1v) is 21.0. The molecular formula is C43H57N3O9S. The standard InChI is InChI=1S/C43H57N3O9S/c1-4-23-52-43-38(56-32-18-15-30(16-19-32)45-28(3)49)27-36(46-55-39-14-8-11-24-51-39)34-25-29(12-6-9-21-47)33(13-7-10-22-48)40(41(34)43)35-26-31(17-20-37(35)54-43)53-42(50)44-5-2/h4,15-20,25-26,29,33,38-41,47-48H,1,5-14,21-24,27H2,2-3H3,(H,44,50)(H,45,49). The molecule has 2 aromatic rings. The molecule has 7 unspecified atom stereocenters. The number of carbonyl (C=O) groups is 2. The normalized spacial score (nSPS) is 27.2. The maximum atomic E-state index is 12.7. The van der Waals surface area contributed by atoms with Gasteiger partial charge in [-0.05, 0) is 105 Å². The van der Waals surface area contributed by atoms with Crippen molar-refractivity contribution in [2.45, 2.75) is 106 Å². The highest BCUT2D eigenvalue weighted by Gasteiger charge is 2.64. The van der Waals surface area contributed by atoms with E-state index in [1.165, 1.54) is 6.92 Å². The van der Waals surface area contributed by atoms with Crippen molar-refractivity contribution in [1.82, 2.24) is 5.32 Å². The molecule has 0 spiro atoms. The predicted molar refractivity (Wildman–Crippen MR) is 216 cm³/mol. The van der Waals surface area contributed by atoms with Crippen molar-refractivity contribution in [3.8, 4) is 11.5 Å². The monoisotopic (exact) mass is 791 g/mol. The van der Waals surface area contributed by atoms with Crippen molar-refractivity contribution in [1.29, 1.82) is 0 Å². The summed E-state index contributed by atoms with van der Waals surface area (Å²) in [5.41, 5.74) is 3.43. The van der Waals surface area contributed by atoms with E-state index in [0.717, 1.165) is 66.7 Å². The predicted octanol–water partition coefficient (Wildman–Crippen LogP) is 7.71. The molecule has 4 aliphatic rings. The number of hydrogen-bond donors (Lipinski definition) is 4. The van der Waals surface area contributed by atoms with Gasteiger partial charge in [-0.25, -0.2) is 4.79 Å². The topological polar surface area (TPSA) is 157 Å². The molecule has 0 bridgehead atoms. The molecule has 0 radical (unpaired) electrons. The fourth-order valence-corrected chi connectivity index (χ4v) is 9.97. The Kier molecular flexibility index (Phi) is 14.9. The van der Waals surface area contributed by atoms with E-state index in [4.69, 9.17) is 28.9 Å². The highest BCUT2D eigenvalue weighted by atomic mass is 32.2. The van der Waals surface area contributed by atoms with Crippen molar-refractivity contribution in [3.05, 3.63) is 72.3 Å². The summed E-state index contributed by atoms with van der Waals surface area (Å²) in [4.78, 5) is 31.6. The molecule has 2 heterocycles. The number of anilines is 1. The molecule has 1 saturated heterocycles. The Balaban J connectivity index is 1.53. The quantitative estimate of drug-likeness (QED) is 0.0670. The van der Waals surface area contributed by atoms with E-state index in [0.29, 0.717) is 49.6 Å². The fraction of sp³-hybridized carbons (Fsp3) is 0.558. The third-order valence-corrected chi connectivity index (χ3v) is 12.3. The van der Waals surface area contributed by atoms with Crippen LogP contribution < -0.4 is 20.1 Å². The van der Waals surface area contributed by atoms with Crippen LogP contribution in [0.3, 0.4) is 0 Å². The molecule has 6 rings (SSSR count). The molecule has 2 aliphatic carbocycles. The molecule has 12 nitrogen and oxygen atoms in total. The van der Waals surface area contributed by atoms with E-state index in [1.54, 1.807) is 23.9 Å². The summed E-state index contributed by atoms with van der Waals surface area (Å²) in [6, 6.07) is 13.3. The lowest BCUT2D eigenvalue weighted by Crippen LogP contribution is -2.64. The fourth-order valence-electron chi connectivity index (χ4n) is 8.68. The molecular weight excluding hydrogens is 735 g/mol. The SMILES string of the molecule is C=CCOC12Oc3ccc(OC(=O)NCC)cc3C3C(CCCCO)C(CCCCO)C=C(C(=NOC4CCCCO4)CC1Sc1ccc(NC(C)=O)cc1)C32. The number of nitrogens with zero attached hydrogens (tertiary/aromatic N) is 1. The van der Waals surface area contributed by atoms with E-state index >= 15 is 0 Å². The van der Waals surface area contributed by atoms with E-state index in [-0.39, 0.29) is 54.6 Å². The number of aliphatic hydroxyl groups excluding tert-OH is 2. The Hall–Kier alpha value is -3.88. The van der Waals surface area contributed by atoms with E-state index < -0.39 is 18.2 Å². The van der Waals surface area contributed by atoms with Crippen molar-refractivity contribution in [2.75, 3.05) is 38.3 Å². The molecule has 2 fully saturated rings. The maximum Gasteiger partial charge on any atom is 0.412 e. The number of aliphatic hydroxyl groups is 2. The zero-order chi connectivity index (χ0) is 39.5. The smallest absolute Gasteiger partial charge is 0.412 e. The molecule has 2 aliphatic heterocycles. The van der Waals surface area contributed by atoms with Gasteiger partial charge in [-0.15, -0.1) is 18.3 Å². The number of thioether (sulfide) groups is 1. The first kappa shape index (κ1) is 41.7. The van der Waals surface area contributed by atoms with Gasteiger partial charge in [0.2, 0.25) is 18.0 Å². The number of oxime groups is 1. The molecule has 1 saturated carbocycles. The lowest BCUT2D eigenvalue weighted by molar-refractivity contribution is -0.223. The third kappa shape index (κ3) is 9.79. The van der Waals surface area contributed by atoms with Crippen LogP contribution in [-0.2, 0) is 19.1 Å². The number of carbonyl (C=O) groups excluding carboxylic acids is 2. The van der Waals surface area contributed by atoms with Crippen LogP contribution in [-0.4, -0.2) is 78.2 Å². The number of benzene rings is 2. The summed E-state index contributed by atoms with van der Waals surface area (Å²) in [5, 5.41) is 29.8. The minimum atomic E-state index is -1.19. The number of hydrogen-bond acceptors (Lipinski definition) is 11. The Morgan fingerprint density at radius 1 is 1.07 bits per heavy atom. The van der Waals surface area contributed by atoms with Gasteiger partial charge in [-0.1, -0.05) is 30.1 Å². The molecule has 2 aromatic carbocycles. The Bertz CT molecular complexity index is 1710. The van der Waals surface area contributed by atoms with E-state index in [1.807, 2.05) is 43.3 Å². The van der Waals surface area contributed by atoms with Crippen molar-refractivity contribution in [3.63, 3.8) is 0 Å². The van der Waals surface area contributed by atoms with Gasteiger partial charge in [0.15, 0.2) is 0 Å². The van der Waals surface area contributed by atoms with Gasteiger partial charge in [0.1, 0.15) is 11.5 Å².